The molecule has 0 aliphatic carbocycles. The lowest BCUT2D eigenvalue weighted by atomic mass is 9.96. The Morgan fingerprint density at radius 3 is 2.36 bits per heavy atom. The van der Waals surface area contributed by atoms with Gasteiger partial charge in [0.1, 0.15) is 11.4 Å². The Bertz CT molecular complexity index is 588. The maximum absolute atomic E-state index is 12.9. The smallest absolute Gasteiger partial charge is 0.407 e. The predicted molar refractivity (Wildman–Crippen MR) is 94.1 cm³/mol. The van der Waals surface area contributed by atoms with Crippen LogP contribution in [0.3, 0.4) is 0 Å². The molecule has 1 heterocycles. The number of hydrogen-bond donors (Lipinski definition) is 1. The van der Waals surface area contributed by atoms with Crippen LogP contribution in [0.4, 0.5) is 9.18 Å². The number of halogens is 1. The highest BCUT2D eigenvalue weighted by molar-refractivity contribution is 5.97. The molecular weight excluding hydrogens is 323 g/mol. The molecule has 0 spiro atoms. The van der Waals surface area contributed by atoms with Crippen molar-refractivity contribution in [2.75, 3.05) is 26.2 Å². The van der Waals surface area contributed by atoms with Gasteiger partial charge in [0.15, 0.2) is 5.78 Å². The van der Waals surface area contributed by atoms with Crippen molar-refractivity contribution in [3.8, 4) is 0 Å². The van der Waals surface area contributed by atoms with Gasteiger partial charge in [-0.3, -0.25) is 9.69 Å². The molecule has 1 N–H and O–H groups in total. The third kappa shape index (κ3) is 6.82. The molecule has 6 heteroatoms. The number of nitrogens with one attached hydrogen (secondary N) is 1. The standard InChI is InChI=1S/C19H27FN2O3/c1-19(2,3)25-18(24)21-12-14-8-10-22(11-9-14)13-17(23)15-4-6-16(20)7-5-15/h4-7,14H,8-13H2,1-3H3,(H,21,24). The second-order valence-electron chi connectivity index (χ2n) is 7.53. The fraction of sp³-hybridized carbons (Fsp3) is 0.579. The minimum atomic E-state index is -0.492. The molecule has 1 saturated heterocycles. The lowest BCUT2D eigenvalue weighted by molar-refractivity contribution is 0.0510. The highest BCUT2D eigenvalue weighted by Crippen LogP contribution is 2.17. The van der Waals surface area contributed by atoms with Gasteiger partial charge in [-0.15, -0.1) is 0 Å². The van der Waals surface area contributed by atoms with Crippen molar-refractivity contribution < 1.29 is 18.7 Å². The fourth-order valence-corrected chi connectivity index (χ4v) is 2.82. The Kier molecular flexibility index (Phi) is 6.53. The van der Waals surface area contributed by atoms with Gasteiger partial charge in [-0.05, 0) is 76.9 Å². The van der Waals surface area contributed by atoms with E-state index in [2.05, 4.69) is 10.2 Å². The Labute approximate surface area is 148 Å². The number of alkyl carbamates (subject to hydrolysis) is 1. The highest BCUT2D eigenvalue weighted by Gasteiger charge is 2.23. The first-order chi connectivity index (χ1) is 11.7. The number of piperidine rings is 1. The van der Waals surface area contributed by atoms with Gasteiger partial charge in [0.2, 0.25) is 0 Å². The predicted octanol–water partition coefficient (Wildman–Crippen LogP) is 3.25. The minimum Gasteiger partial charge on any atom is -0.444 e. The first-order valence-electron chi connectivity index (χ1n) is 8.71. The summed E-state index contributed by atoms with van der Waals surface area (Å²) in [6.45, 7) is 8.07. The number of carbonyl (C=O) groups is 2. The zero-order valence-electron chi connectivity index (χ0n) is 15.2. The Morgan fingerprint density at radius 2 is 1.80 bits per heavy atom. The highest BCUT2D eigenvalue weighted by atomic mass is 19.1. The van der Waals surface area contributed by atoms with E-state index in [-0.39, 0.29) is 17.7 Å². The maximum Gasteiger partial charge on any atom is 0.407 e. The van der Waals surface area contributed by atoms with Crippen LogP contribution in [0.2, 0.25) is 0 Å². The van der Waals surface area contributed by atoms with Gasteiger partial charge in [-0.2, -0.15) is 0 Å². The number of benzene rings is 1. The molecule has 0 unspecified atom stereocenters. The Morgan fingerprint density at radius 1 is 1.20 bits per heavy atom. The van der Waals surface area contributed by atoms with Crippen LogP contribution in [0.5, 0.6) is 0 Å². The van der Waals surface area contributed by atoms with Crippen LogP contribution >= 0.6 is 0 Å². The fourth-order valence-electron chi connectivity index (χ4n) is 2.82. The second-order valence-corrected chi connectivity index (χ2v) is 7.53. The molecule has 0 saturated carbocycles. The first kappa shape index (κ1) is 19.4. The van der Waals surface area contributed by atoms with Gasteiger partial charge in [0.25, 0.3) is 0 Å². The van der Waals surface area contributed by atoms with Crippen LogP contribution in [-0.4, -0.2) is 48.6 Å². The molecule has 0 bridgehead atoms. The van der Waals surface area contributed by atoms with Crippen LogP contribution in [0.25, 0.3) is 0 Å². The topological polar surface area (TPSA) is 58.6 Å². The van der Waals surface area contributed by atoms with Gasteiger partial charge < -0.3 is 10.1 Å². The summed E-state index contributed by atoms with van der Waals surface area (Å²) in [6.07, 6.45) is 1.46. The van der Waals surface area contributed by atoms with Crippen molar-refractivity contribution in [3.63, 3.8) is 0 Å². The monoisotopic (exact) mass is 350 g/mol. The summed E-state index contributed by atoms with van der Waals surface area (Å²) in [5.74, 6) is 0.0601. The third-order valence-corrected chi connectivity index (χ3v) is 4.17. The Hall–Kier alpha value is -1.95. The van der Waals surface area contributed by atoms with Crippen LogP contribution in [0, 0.1) is 11.7 Å². The Balaban J connectivity index is 1.70. The molecule has 1 aliphatic rings. The van der Waals surface area contributed by atoms with E-state index in [4.69, 9.17) is 4.74 Å². The number of ketones is 1. The minimum absolute atomic E-state index is 0.00494. The van der Waals surface area contributed by atoms with Crippen molar-refractivity contribution in [2.45, 2.75) is 39.2 Å². The molecule has 1 amide bonds. The lowest BCUT2D eigenvalue weighted by Crippen LogP contribution is -2.41. The molecule has 0 atom stereocenters. The number of nitrogens with zero attached hydrogens (tertiary/aromatic N) is 1. The summed E-state index contributed by atoms with van der Waals surface area (Å²) in [7, 11) is 0. The van der Waals surface area contributed by atoms with Gasteiger partial charge in [0, 0.05) is 12.1 Å². The normalized spacial score (nSPS) is 16.5. The van der Waals surface area contributed by atoms with Crippen LogP contribution in [-0.2, 0) is 4.74 Å². The number of hydrogen-bond acceptors (Lipinski definition) is 4. The second kappa shape index (κ2) is 8.43. The van der Waals surface area contributed by atoms with Crippen molar-refractivity contribution in [1.29, 1.82) is 0 Å². The van der Waals surface area contributed by atoms with Crippen LogP contribution < -0.4 is 5.32 Å². The van der Waals surface area contributed by atoms with E-state index >= 15 is 0 Å². The SMILES string of the molecule is CC(C)(C)OC(=O)NCC1CCN(CC(=O)c2ccc(F)cc2)CC1. The molecule has 0 radical (unpaired) electrons. The van der Waals surface area contributed by atoms with Gasteiger partial charge in [0.05, 0.1) is 6.54 Å². The number of amides is 1. The van der Waals surface area contributed by atoms with Gasteiger partial charge in [-0.1, -0.05) is 0 Å². The molecule has 1 fully saturated rings. The first-order valence-corrected chi connectivity index (χ1v) is 8.71. The number of Topliss-reactive ketones (excluding diaryl/α,β-unsaturated/α-hetero) is 1. The maximum atomic E-state index is 12.9. The molecule has 1 aromatic rings. The summed E-state index contributed by atoms with van der Waals surface area (Å²) in [4.78, 5) is 26.0. The summed E-state index contributed by atoms with van der Waals surface area (Å²) >= 11 is 0. The average Bonchev–Trinajstić information content (AvgIpc) is 2.53. The van der Waals surface area contributed by atoms with Crippen LogP contribution in [0.1, 0.15) is 44.0 Å². The molecule has 0 aromatic heterocycles. The largest absolute Gasteiger partial charge is 0.444 e. The lowest BCUT2D eigenvalue weighted by Gasteiger charge is -2.31. The summed E-state index contributed by atoms with van der Waals surface area (Å²) < 4.78 is 18.1. The van der Waals surface area contributed by atoms with E-state index in [1.165, 1.54) is 24.3 Å². The molecule has 1 aromatic carbocycles. The summed E-state index contributed by atoms with van der Waals surface area (Å²) in [5.41, 5.74) is 0.0452. The number of carbonyl (C=O) groups excluding carboxylic acids is 2. The van der Waals surface area contributed by atoms with Crippen LogP contribution in [0.15, 0.2) is 24.3 Å². The third-order valence-electron chi connectivity index (χ3n) is 4.17. The molecular formula is C19H27FN2O3. The van der Waals surface area contributed by atoms with Gasteiger partial charge in [-0.25, -0.2) is 9.18 Å². The number of rotatable bonds is 5. The number of likely N-dealkylation sites (tertiary alicyclic amines) is 1. The molecule has 2 rings (SSSR count). The van der Waals surface area contributed by atoms with Gasteiger partial charge >= 0.3 is 6.09 Å². The number of ether oxygens (including phenoxy) is 1. The van der Waals surface area contributed by atoms with E-state index in [0.29, 0.717) is 24.6 Å². The molecule has 25 heavy (non-hydrogen) atoms. The van der Waals surface area contributed by atoms with Crippen molar-refractivity contribution in [2.24, 2.45) is 5.92 Å². The quantitative estimate of drug-likeness (QED) is 0.828. The zero-order chi connectivity index (χ0) is 18.4. The molecule has 1 aliphatic heterocycles. The van der Waals surface area contributed by atoms with E-state index in [1.807, 2.05) is 20.8 Å². The molecule has 5 nitrogen and oxygen atoms in total. The van der Waals surface area contributed by atoms with E-state index < -0.39 is 5.60 Å². The van der Waals surface area contributed by atoms with Crippen molar-refractivity contribution >= 4 is 11.9 Å². The van der Waals surface area contributed by atoms with Crippen molar-refractivity contribution in [3.05, 3.63) is 35.6 Å². The average molecular weight is 350 g/mol. The van der Waals surface area contributed by atoms with E-state index in [1.54, 1.807) is 0 Å². The summed E-state index contributed by atoms with van der Waals surface area (Å²) in [5, 5.41) is 2.81. The van der Waals surface area contributed by atoms with Crippen molar-refractivity contribution in [1.82, 2.24) is 10.2 Å². The van der Waals surface area contributed by atoms with E-state index in [9.17, 15) is 14.0 Å². The zero-order valence-corrected chi connectivity index (χ0v) is 15.2. The molecule has 138 valence electrons. The summed E-state index contributed by atoms with van der Waals surface area (Å²) in [6, 6.07) is 5.66. The van der Waals surface area contributed by atoms with E-state index in [0.717, 1.165) is 25.9 Å².